The van der Waals surface area contributed by atoms with Crippen LogP contribution in [0.4, 0.5) is 32.1 Å². The van der Waals surface area contributed by atoms with Crippen LogP contribution in [0.1, 0.15) is 75.0 Å². The number of halogens is 14. The molecule has 0 spiro atoms. The molecule has 1 N–H and O–H groups in total. The number of carbonyl (C=O) groups excluding carboxylic acids is 9. The fourth-order valence-corrected chi connectivity index (χ4v) is 18.7. The number of phenols is 1. The predicted molar refractivity (Wildman–Crippen MR) is 473 cm³/mol. The van der Waals surface area contributed by atoms with Crippen LogP contribution >= 0.6 is 230 Å². The van der Waals surface area contributed by atoms with Gasteiger partial charge in [0.25, 0.3) is 44.6 Å². The number of nitrogens with zero attached hydrogens (tertiary/aromatic N) is 4. The Morgan fingerprint density at radius 3 is 1.24 bits per heavy atom. The third kappa shape index (κ3) is 31.1. The Morgan fingerprint density at radius 1 is 0.574 bits per heavy atom. The van der Waals surface area contributed by atoms with Gasteiger partial charge in [0.2, 0.25) is 0 Å². The Bertz CT molecular complexity index is 4050. The number of amides is 8. The van der Waals surface area contributed by atoms with Gasteiger partial charge in [0, 0.05) is 159 Å². The normalized spacial score (nSPS) is 16.2. The summed E-state index contributed by atoms with van der Waals surface area (Å²) >= 11 is 41.7. The molecule has 4 aliphatic rings. The molecule has 2 radical (unpaired) electrons. The molecule has 4 heterocycles. The molecule has 590 valence electrons. The molecule has 5 aromatic carbocycles. The van der Waals surface area contributed by atoms with E-state index in [0.29, 0.717) is 39.3 Å². The van der Waals surface area contributed by atoms with Crippen LogP contribution in [0.15, 0.2) is 97.7 Å². The summed E-state index contributed by atoms with van der Waals surface area (Å²) in [6.45, 7) is 13.4. The maximum atomic E-state index is 12.3. The maximum Gasteiger partial charge on any atom is 0.762 e. The van der Waals surface area contributed by atoms with Gasteiger partial charge in [-0.15, -0.1) is 0 Å². The van der Waals surface area contributed by atoms with Crippen molar-refractivity contribution in [2.45, 2.75) is 50.0 Å². The second kappa shape index (κ2) is 53.5. The molecule has 4 saturated heterocycles. The van der Waals surface area contributed by atoms with Crippen molar-refractivity contribution in [1.82, 2.24) is 19.6 Å². The number of likely N-dealkylation sites (N-methyl/N-ethyl adjacent to an activating group) is 3. The van der Waals surface area contributed by atoms with E-state index < -0.39 is 16.0 Å². The number of alkyl halides is 2. The van der Waals surface area contributed by atoms with Gasteiger partial charge < -0.3 is 33.5 Å². The van der Waals surface area contributed by atoms with E-state index in [4.69, 9.17) is 29.8 Å². The molecule has 2 unspecified atom stereocenters. The van der Waals surface area contributed by atoms with Crippen molar-refractivity contribution in [2.75, 3.05) is 89.5 Å². The molecular weight excluding hydrogens is 2460 g/mol. The van der Waals surface area contributed by atoms with Crippen LogP contribution in [0.3, 0.4) is 0 Å². The average molecular weight is 2540 g/mol. The van der Waals surface area contributed by atoms with Gasteiger partial charge in [-0.2, -0.15) is 11.8 Å². The molecule has 5 aromatic rings. The number of imide groups is 4. The monoisotopic (exact) mass is 2520 g/mol. The first-order valence-corrected chi connectivity index (χ1v) is 45.3. The molecule has 2 atom stereocenters. The second-order valence-electron chi connectivity index (χ2n) is 20.6. The summed E-state index contributed by atoms with van der Waals surface area (Å²) < 4.78 is 68.9. The van der Waals surface area contributed by atoms with Crippen molar-refractivity contribution in [2.24, 2.45) is 0 Å². The molecular formula is C66H72B2Br11F3N4O16S5U. The Hall–Kier alpha value is -1.69. The zero-order valence-electron chi connectivity index (χ0n) is 61.3. The summed E-state index contributed by atoms with van der Waals surface area (Å²) in [5, 5.41) is 8.53. The molecule has 0 aliphatic carbocycles. The number of rotatable bonds is 13. The Morgan fingerprint density at radius 2 is 0.907 bits per heavy atom. The first kappa shape index (κ1) is 106. The maximum absolute atomic E-state index is 12.3. The summed E-state index contributed by atoms with van der Waals surface area (Å²) in [7, 11) is 13.7. The molecule has 4 aliphatic heterocycles. The third-order valence-corrected chi connectivity index (χ3v) is 26.7. The minimum atomic E-state index is -3.67. The fourth-order valence-electron chi connectivity index (χ4n) is 8.17. The van der Waals surface area contributed by atoms with Crippen molar-refractivity contribution in [3.63, 3.8) is 0 Å². The first-order chi connectivity index (χ1) is 50.6. The van der Waals surface area contributed by atoms with Gasteiger partial charge in [0.05, 0.1) is 55.1 Å². The molecule has 0 saturated carbocycles. The number of methoxy groups -OCH3 is 5. The average Bonchev–Trinajstić information content (AvgIpc) is 1.59. The third-order valence-electron chi connectivity index (χ3n) is 13.6. The van der Waals surface area contributed by atoms with Crippen LogP contribution in [-0.4, -0.2) is 186 Å². The standard InChI is InChI=1S/C13H12Br3NO3S.C13H11Br2NO3S.C13H12BrNO3S.C12H9Br2NO4S.C9H9BrO2.C4H10O.C2H6S.BF3.BH.Br2.U.H2/c1-6-4-8(14)7(5-9(6)20-3)10(15)13(16)11(18)17(2)12(19)21-13;1-6-4-8(14)7(5-9(6)19-3)10(15)11-12(17)16(2)13(18)20-11;1-7-4-9(14)8(5-10(7)18-3)6-11-12(16)15(2)13(17)19-11;1-15-11(17)10(20-12(15)18)9(14)5-3-8(19-2)7(16)4-6(5)13;1-6-3-8(10)7(5-11)4-9(6)12-2;1-3-5-4-2;1-3-2;2-1(3)4;;1-2;;/h4-5,10H,1-3H3;4-5H,1-3H3;4-6H,1-3H3;3-4,16H,1-2H3;3-5H,1-2H3;3-4H2,1-2H3;1-2H3;;1H;;;1H/b;11-10+;11-6-;10-9+;;;;;;;;/i;;;;;;;;1D;;;1+1. The van der Waals surface area contributed by atoms with Crippen LogP contribution in [0, 0.1) is 58.8 Å². The zero-order chi connectivity index (χ0) is 83.7. The van der Waals surface area contributed by atoms with Crippen molar-refractivity contribution in [3.8, 4) is 34.5 Å². The van der Waals surface area contributed by atoms with Gasteiger partial charge in [-0.05, 0) is 250 Å². The van der Waals surface area contributed by atoms with Crippen LogP contribution in [0.2, 0.25) is 0 Å². The quantitative estimate of drug-likeness (QED) is 0.0498. The molecule has 20 nitrogen and oxygen atoms in total. The van der Waals surface area contributed by atoms with Crippen LogP contribution in [0.25, 0.3) is 15.0 Å². The van der Waals surface area contributed by atoms with Crippen molar-refractivity contribution >= 4 is 312 Å². The molecule has 4 fully saturated rings. The molecule has 9 rings (SSSR count). The number of hydrogen-bond donors (Lipinski definition) is 1. The smallest absolute Gasteiger partial charge is 0.504 e. The number of ether oxygens (including phenoxy) is 6. The number of hydrogen-bond acceptors (Lipinski definition) is 21. The SMILES string of the molecule is BrBr.CCOCC.COc1cc(/C(Br)=C2\SC(=O)N(C)C2=O)c(Br)cc1C.COc1cc(/C(Br)=C2\SC(=O)N(C)C2=O)c(Br)cc1O.COc1cc(/C=C2\SC(=O)N(C)C2=O)c(Br)cc1C.COc1cc(C(Br)C2(Br)SC(=O)N(C)C2=O)c(Br)cc1C.COc1cc(C=O)c(Br)cc1C.CSC.FB(F)F.[2HH].[2H][B].[U]. The van der Waals surface area contributed by atoms with E-state index in [1.54, 1.807) is 58.4 Å². The van der Waals surface area contributed by atoms with Gasteiger partial charge in [0.15, 0.2) is 21.4 Å². The number of benzene rings is 5. The van der Waals surface area contributed by atoms with E-state index in [9.17, 15) is 61.2 Å². The number of thioether (sulfide) groups is 5. The van der Waals surface area contributed by atoms with Crippen molar-refractivity contribution < 1.29 is 122 Å². The largest absolute Gasteiger partial charge is 0.762 e. The summed E-state index contributed by atoms with van der Waals surface area (Å²) in [5.41, 5.74) is 7.59. The molecule has 0 bridgehead atoms. The van der Waals surface area contributed by atoms with Crippen molar-refractivity contribution in [1.29, 1.82) is 1.34 Å². The Kier molecular flexibility index (Phi) is 52.7. The van der Waals surface area contributed by atoms with Gasteiger partial charge in [-0.1, -0.05) is 95.6 Å². The molecule has 42 heteroatoms. The minimum Gasteiger partial charge on any atom is -0.504 e. The molecule has 108 heavy (non-hydrogen) atoms. The Balaban J connectivity index is -0.00000124. The fraction of sp³-hybridized carbons (Fsp3) is 0.318. The zero-order valence-corrected chi connectivity index (χ0v) is 86.0. The van der Waals surface area contributed by atoms with Crippen LogP contribution in [-0.2, 0) is 23.9 Å². The van der Waals surface area contributed by atoms with Crippen molar-refractivity contribution in [3.05, 3.63) is 148 Å². The van der Waals surface area contributed by atoms with E-state index in [1.807, 2.05) is 96.5 Å². The summed E-state index contributed by atoms with van der Waals surface area (Å²) in [6, 6.07) is 17.9. The predicted octanol–water partition coefficient (Wildman–Crippen LogP) is 22.5. The van der Waals surface area contributed by atoms with E-state index in [1.165, 1.54) is 41.4 Å². The van der Waals surface area contributed by atoms with E-state index >= 15 is 0 Å². The summed E-state index contributed by atoms with van der Waals surface area (Å²) in [6.07, 6.45) is 6.58. The van der Waals surface area contributed by atoms with E-state index in [-0.39, 0.29) is 88.6 Å². The van der Waals surface area contributed by atoms with Crippen LogP contribution in [0.5, 0.6) is 34.5 Å². The van der Waals surface area contributed by atoms with Gasteiger partial charge in [0.1, 0.15) is 23.0 Å². The second-order valence-corrected chi connectivity index (χ2v) is 34.1. The topological polar surface area (TPSA) is 242 Å². The van der Waals surface area contributed by atoms with E-state index in [2.05, 4.69) is 180 Å². The number of aldehydes is 1. The van der Waals surface area contributed by atoms with E-state index in [0.717, 1.165) is 166 Å². The molecule has 8 amide bonds. The minimum absolute atomic E-state index is 0. The number of aromatic hydroxyl groups is 1. The summed E-state index contributed by atoms with van der Waals surface area (Å²) in [4.78, 5) is 110. The van der Waals surface area contributed by atoms with Gasteiger partial charge in [-0.25, -0.2) is 0 Å². The van der Waals surface area contributed by atoms with Crippen LogP contribution < -0.4 is 23.7 Å². The molecule has 0 aromatic heterocycles. The summed E-state index contributed by atoms with van der Waals surface area (Å²) in [5.74, 6) is 1.93. The van der Waals surface area contributed by atoms with Gasteiger partial charge >= 0.3 is 7.54 Å². The Labute approximate surface area is 767 Å². The van der Waals surface area contributed by atoms with Gasteiger partial charge in [-0.3, -0.25) is 75.7 Å². The number of aryl methyl sites for hydroxylation is 4. The number of carbonyl (C=O) groups is 9. The number of phenolic OH excluding ortho intramolecular Hbond substituents is 1. The first-order valence-electron chi connectivity index (χ1n) is 30.0.